The summed E-state index contributed by atoms with van der Waals surface area (Å²) >= 11 is 0. The summed E-state index contributed by atoms with van der Waals surface area (Å²) in [7, 11) is 0. The van der Waals surface area contributed by atoms with Crippen LogP contribution in [-0.2, 0) is 14.9 Å². The van der Waals surface area contributed by atoms with E-state index in [2.05, 4.69) is 25.7 Å². The second-order valence-electron chi connectivity index (χ2n) is 13.7. The highest BCUT2D eigenvalue weighted by Gasteiger charge is 2.45. The average Bonchev–Trinajstić information content (AvgIpc) is 3.49. The molecule has 6 rings (SSSR count). The number of carbonyl (C=O) groups is 2. The van der Waals surface area contributed by atoms with Crippen molar-refractivity contribution in [3.63, 3.8) is 0 Å². The fraction of sp³-hybridized carbons (Fsp3) is 0.462. The molecule has 0 aromatic heterocycles. The van der Waals surface area contributed by atoms with Crippen molar-refractivity contribution >= 4 is 30.2 Å². The number of carbonyl (C=O) groups excluding carboxylic acids is 2. The number of benzene rings is 3. The van der Waals surface area contributed by atoms with Crippen molar-refractivity contribution in [1.82, 2.24) is 19.6 Å². The molecule has 0 spiro atoms. The number of urea groups is 1. The summed E-state index contributed by atoms with van der Waals surface area (Å²) in [6.45, 7) is 13.2. The summed E-state index contributed by atoms with van der Waals surface area (Å²) in [4.78, 5) is 40.4. The Morgan fingerprint density at radius 2 is 1.43 bits per heavy atom. The van der Waals surface area contributed by atoms with Crippen molar-refractivity contribution in [3.05, 3.63) is 101 Å². The molecule has 9 nitrogen and oxygen atoms in total. The third-order valence-electron chi connectivity index (χ3n) is 9.45. The van der Waals surface area contributed by atoms with E-state index in [4.69, 9.17) is 14.5 Å². The molecule has 0 unspecified atom stereocenters. The molecule has 0 aliphatic carbocycles. The number of nitrogens with zero attached hydrogens (tertiary/aromatic N) is 5. The maximum absolute atomic E-state index is 14.8. The Morgan fingerprint density at radius 1 is 0.843 bits per heavy atom. The van der Waals surface area contributed by atoms with Gasteiger partial charge in [0.1, 0.15) is 29.3 Å². The van der Waals surface area contributed by atoms with Gasteiger partial charge >= 0.3 is 6.03 Å². The highest BCUT2D eigenvalue weighted by atomic mass is 35.5. The van der Waals surface area contributed by atoms with Crippen molar-refractivity contribution in [2.45, 2.75) is 52.6 Å². The van der Waals surface area contributed by atoms with Crippen LogP contribution in [0, 0.1) is 11.6 Å². The van der Waals surface area contributed by atoms with E-state index in [1.807, 2.05) is 30.0 Å². The van der Waals surface area contributed by atoms with Crippen LogP contribution in [0.2, 0.25) is 0 Å². The number of hydrogen-bond donors (Lipinski definition) is 0. The molecule has 3 aliphatic rings. The Kier molecular flexibility index (Phi) is 13.2. The monoisotopic (exact) mass is 725 g/mol. The van der Waals surface area contributed by atoms with Crippen molar-refractivity contribution in [2.24, 2.45) is 4.99 Å². The van der Waals surface area contributed by atoms with Gasteiger partial charge in [0.15, 0.2) is 0 Å². The zero-order valence-corrected chi connectivity index (χ0v) is 29.9. The minimum Gasteiger partial charge on any atom is -0.493 e. The number of amides is 3. The molecule has 3 aromatic rings. The molecule has 0 radical (unpaired) electrons. The Bertz CT molecular complexity index is 1670. The molecule has 0 saturated carbocycles. The summed E-state index contributed by atoms with van der Waals surface area (Å²) in [5.41, 5.74) is 3.01. The summed E-state index contributed by atoms with van der Waals surface area (Å²) in [5.74, 6) is 0.340. The Morgan fingerprint density at radius 3 is 2.00 bits per heavy atom. The maximum Gasteiger partial charge on any atom is 0.326 e. The van der Waals surface area contributed by atoms with Crippen molar-refractivity contribution < 1.29 is 27.8 Å². The summed E-state index contributed by atoms with van der Waals surface area (Å²) in [5, 5.41) is 0. The van der Waals surface area contributed by atoms with Gasteiger partial charge in [-0.05, 0) is 65.4 Å². The maximum atomic E-state index is 14.8. The standard InChI is InChI=1S/C38H45F2N5O4.CH4.ClH/c1-5-49-32-24-28(38(2,3)4)10-15-31(32)36-41-34(26-6-11-29(39)12-7-26)35(27-8-13-30(40)14-9-27)45(36)37(47)44-18-16-42(17-19-44)25-33(46)43-20-22-48-23-21-43;;/h6-15,24,34-35H,5,16-23,25H2,1-4H3;1H4;1H/t34-,35+;;/m0../s1. The van der Waals surface area contributed by atoms with E-state index in [-0.39, 0.29) is 43.0 Å². The lowest BCUT2D eigenvalue weighted by atomic mass is 9.86. The minimum absolute atomic E-state index is 0. The largest absolute Gasteiger partial charge is 0.493 e. The van der Waals surface area contributed by atoms with Crippen LogP contribution in [0.3, 0.4) is 0 Å². The SMILES string of the molecule is C.CCOc1cc(C(C)(C)C)ccc1C1=N[C@@H](c2ccc(F)cc2)[C@@H](c2ccc(F)cc2)N1C(=O)N1CCN(CC(=O)N2CCOCC2)CC1.Cl. The van der Waals surface area contributed by atoms with Gasteiger partial charge in [-0.1, -0.05) is 58.5 Å². The summed E-state index contributed by atoms with van der Waals surface area (Å²) < 4.78 is 39.9. The fourth-order valence-electron chi connectivity index (χ4n) is 6.66. The smallest absolute Gasteiger partial charge is 0.326 e. The first kappa shape index (κ1) is 39.7. The molecular formula is C39H50ClF2N5O4. The molecule has 3 amide bonds. The van der Waals surface area contributed by atoms with Gasteiger partial charge in [0.05, 0.1) is 38.0 Å². The van der Waals surface area contributed by atoms with Gasteiger partial charge in [0.2, 0.25) is 5.91 Å². The van der Waals surface area contributed by atoms with Gasteiger partial charge in [-0.15, -0.1) is 12.4 Å². The number of halogens is 3. The minimum atomic E-state index is -0.647. The van der Waals surface area contributed by atoms with Crippen LogP contribution >= 0.6 is 12.4 Å². The van der Waals surface area contributed by atoms with E-state index in [0.717, 1.165) is 11.1 Å². The van der Waals surface area contributed by atoms with Gasteiger partial charge in [-0.2, -0.15) is 0 Å². The van der Waals surface area contributed by atoms with Crippen LogP contribution in [0.25, 0.3) is 0 Å². The molecule has 51 heavy (non-hydrogen) atoms. The summed E-state index contributed by atoms with van der Waals surface area (Å²) in [6, 6.07) is 16.7. The third kappa shape index (κ3) is 8.88. The fourth-order valence-corrected chi connectivity index (χ4v) is 6.66. The number of ether oxygens (including phenoxy) is 2. The van der Waals surface area contributed by atoms with Crippen molar-refractivity contribution in [1.29, 1.82) is 0 Å². The molecule has 12 heteroatoms. The second kappa shape index (κ2) is 17.0. The number of morpholine rings is 1. The molecule has 2 atom stereocenters. The Balaban J connectivity index is 0.00000292. The van der Waals surface area contributed by atoms with E-state index >= 15 is 0 Å². The highest BCUT2D eigenvalue weighted by molar-refractivity contribution is 6.11. The Hall–Kier alpha value is -4.06. The van der Waals surface area contributed by atoms with E-state index in [1.54, 1.807) is 34.1 Å². The first-order chi connectivity index (χ1) is 23.5. The average molecular weight is 726 g/mol. The van der Waals surface area contributed by atoms with Gasteiger partial charge in [-0.3, -0.25) is 19.6 Å². The highest BCUT2D eigenvalue weighted by Crippen LogP contribution is 2.45. The molecule has 3 aromatic carbocycles. The predicted octanol–water partition coefficient (Wildman–Crippen LogP) is 6.86. The lowest BCUT2D eigenvalue weighted by molar-refractivity contribution is -0.136. The first-order valence-corrected chi connectivity index (χ1v) is 17.1. The van der Waals surface area contributed by atoms with Gasteiger partial charge < -0.3 is 19.3 Å². The zero-order chi connectivity index (χ0) is 34.7. The first-order valence-electron chi connectivity index (χ1n) is 17.1. The topological polar surface area (TPSA) is 77.9 Å². The molecule has 2 fully saturated rings. The Labute approximate surface area is 306 Å². The van der Waals surface area contributed by atoms with Crippen LogP contribution in [0.5, 0.6) is 5.75 Å². The second-order valence-corrected chi connectivity index (χ2v) is 13.7. The number of hydrogen-bond acceptors (Lipinski definition) is 6. The van der Waals surface area contributed by atoms with E-state index in [0.29, 0.717) is 88.3 Å². The van der Waals surface area contributed by atoms with Gasteiger partial charge in [0.25, 0.3) is 0 Å². The lowest BCUT2D eigenvalue weighted by Gasteiger charge is -2.39. The number of amidine groups is 1. The predicted molar refractivity (Wildman–Crippen MR) is 198 cm³/mol. The molecule has 0 bridgehead atoms. The van der Waals surface area contributed by atoms with Crippen LogP contribution in [0.1, 0.15) is 69.5 Å². The van der Waals surface area contributed by atoms with E-state index < -0.39 is 17.9 Å². The molecule has 3 heterocycles. The molecule has 3 aliphatic heterocycles. The molecule has 2 saturated heterocycles. The van der Waals surface area contributed by atoms with Crippen molar-refractivity contribution in [2.75, 3.05) is 65.6 Å². The van der Waals surface area contributed by atoms with Gasteiger partial charge in [0, 0.05) is 39.3 Å². The third-order valence-corrected chi connectivity index (χ3v) is 9.45. The number of piperazine rings is 1. The molecule has 276 valence electrons. The molecule has 0 N–H and O–H groups in total. The van der Waals surface area contributed by atoms with E-state index in [9.17, 15) is 18.4 Å². The van der Waals surface area contributed by atoms with Crippen LogP contribution < -0.4 is 4.74 Å². The van der Waals surface area contributed by atoms with Crippen LogP contribution in [-0.4, -0.2) is 103 Å². The van der Waals surface area contributed by atoms with E-state index in [1.165, 1.54) is 24.3 Å². The number of aliphatic imine (C=N–C) groups is 1. The quantitative estimate of drug-likeness (QED) is 0.266. The van der Waals surface area contributed by atoms with Gasteiger partial charge in [-0.25, -0.2) is 13.6 Å². The van der Waals surface area contributed by atoms with Crippen molar-refractivity contribution in [3.8, 4) is 5.75 Å². The molecular weight excluding hydrogens is 676 g/mol. The lowest BCUT2D eigenvalue weighted by Crippen LogP contribution is -2.56. The normalized spacial score (nSPS) is 19.6. The number of rotatable bonds is 7. The summed E-state index contributed by atoms with van der Waals surface area (Å²) in [6.07, 6.45) is 0. The zero-order valence-electron chi connectivity index (χ0n) is 29.1. The van der Waals surface area contributed by atoms with Crippen LogP contribution in [0.15, 0.2) is 71.7 Å². The van der Waals surface area contributed by atoms with Crippen LogP contribution in [0.4, 0.5) is 13.6 Å².